The van der Waals surface area contributed by atoms with E-state index in [1.54, 1.807) is 11.8 Å². The third kappa shape index (κ3) is 3.26. The van der Waals surface area contributed by atoms with Crippen LogP contribution >= 0.6 is 24.2 Å². The van der Waals surface area contributed by atoms with Crippen molar-refractivity contribution in [2.75, 3.05) is 0 Å². The fraction of sp³-hybridized carbons (Fsp3) is 0.154. The molecule has 0 saturated heterocycles. The van der Waals surface area contributed by atoms with Crippen LogP contribution in [0.4, 0.5) is 0 Å². The highest BCUT2D eigenvalue weighted by molar-refractivity contribution is 8.13. The van der Waals surface area contributed by atoms with Crippen LogP contribution in [0, 0.1) is 5.41 Å². The van der Waals surface area contributed by atoms with E-state index >= 15 is 0 Å². The van der Waals surface area contributed by atoms with Crippen molar-refractivity contribution in [2.45, 2.75) is 12.7 Å². The predicted molar refractivity (Wildman–Crippen MR) is 75.9 cm³/mol. The van der Waals surface area contributed by atoms with Gasteiger partial charge < -0.3 is 0 Å². The van der Waals surface area contributed by atoms with Gasteiger partial charge in [0.15, 0.2) is 0 Å². The second kappa shape index (κ2) is 5.92. The van der Waals surface area contributed by atoms with Gasteiger partial charge in [-0.15, -0.1) is 24.2 Å². The van der Waals surface area contributed by atoms with Gasteiger partial charge in [0, 0.05) is 5.75 Å². The molecular weight excluding hydrogens is 238 g/mol. The Balaban J connectivity index is 0.00000128. The van der Waals surface area contributed by atoms with Crippen LogP contribution in [-0.4, -0.2) is 5.04 Å². The number of hydrogen-bond acceptors (Lipinski definition) is 2. The van der Waals surface area contributed by atoms with Crippen LogP contribution in [0.2, 0.25) is 0 Å². The zero-order valence-corrected chi connectivity index (χ0v) is 10.7. The molecule has 0 fully saturated rings. The lowest BCUT2D eigenvalue weighted by Crippen LogP contribution is -1.85. The van der Waals surface area contributed by atoms with Crippen LogP contribution in [-0.2, 0) is 5.75 Å². The van der Waals surface area contributed by atoms with Crippen LogP contribution in [0.5, 0.6) is 0 Å². The minimum atomic E-state index is 0. The molecule has 0 radical (unpaired) electrons. The first-order valence-electron chi connectivity index (χ1n) is 4.91. The lowest BCUT2D eigenvalue weighted by atomic mass is 10.1. The smallest absolute Gasteiger partial charge is 0.0613 e. The van der Waals surface area contributed by atoms with Crippen molar-refractivity contribution in [3.05, 3.63) is 48.0 Å². The molecule has 0 unspecified atom stereocenters. The summed E-state index contributed by atoms with van der Waals surface area (Å²) in [5.74, 6) is 0.889. The van der Waals surface area contributed by atoms with Crippen LogP contribution < -0.4 is 0 Å². The molecule has 1 nitrogen and oxygen atoms in total. The monoisotopic (exact) mass is 251 g/mol. The average molecular weight is 252 g/mol. The summed E-state index contributed by atoms with van der Waals surface area (Å²) in [6.07, 6.45) is 0. The van der Waals surface area contributed by atoms with E-state index in [2.05, 4.69) is 42.5 Å². The van der Waals surface area contributed by atoms with Crippen molar-refractivity contribution in [1.29, 1.82) is 5.41 Å². The SMILES string of the molecule is CC(=N)SCc1ccc2ccccc2c1.Cl. The lowest BCUT2D eigenvalue weighted by molar-refractivity contribution is 1.44. The van der Waals surface area contributed by atoms with Crippen molar-refractivity contribution < 1.29 is 0 Å². The third-order valence-electron chi connectivity index (χ3n) is 2.27. The lowest BCUT2D eigenvalue weighted by Gasteiger charge is -2.02. The van der Waals surface area contributed by atoms with E-state index in [-0.39, 0.29) is 12.4 Å². The Hall–Kier alpha value is -0.990. The maximum absolute atomic E-state index is 7.37. The summed E-state index contributed by atoms with van der Waals surface area (Å²) >= 11 is 1.58. The first kappa shape index (κ1) is 13.1. The maximum atomic E-state index is 7.37. The highest BCUT2D eigenvalue weighted by Crippen LogP contribution is 2.19. The number of rotatable bonds is 2. The van der Waals surface area contributed by atoms with Gasteiger partial charge in [-0.2, -0.15) is 0 Å². The van der Waals surface area contributed by atoms with Crippen molar-refractivity contribution in [3.63, 3.8) is 0 Å². The Bertz CT molecular complexity index is 496. The number of halogens is 1. The topological polar surface area (TPSA) is 23.9 Å². The number of nitrogens with one attached hydrogen (secondary N) is 1. The standard InChI is InChI=1S/C13H13NS.ClH/c1-10(14)15-9-11-6-7-12-4-2-3-5-13(12)8-11;/h2-8,14H,9H2,1H3;1H. The molecule has 0 amide bonds. The highest BCUT2D eigenvalue weighted by Gasteiger charge is 1.97. The summed E-state index contributed by atoms with van der Waals surface area (Å²) in [7, 11) is 0. The summed E-state index contributed by atoms with van der Waals surface area (Å²) in [4.78, 5) is 0. The Kier molecular flexibility index (Phi) is 4.84. The summed E-state index contributed by atoms with van der Waals surface area (Å²) in [5, 5.41) is 10.6. The zero-order chi connectivity index (χ0) is 10.7. The Morgan fingerprint density at radius 3 is 2.50 bits per heavy atom. The first-order valence-corrected chi connectivity index (χ1v) is 5.90. The summed E-state index contributed by atoms with van der Waals surface area (Å²) in [5.41, 5.74) is 1.28. The van der Waals surface area contributed by atoms with E-state index in [1.807, 2.05) is 6.92 Å². The van der Waals surface area contributed by atoms with Crippen molar-refractivity contribution in [1.82, 2.24) is 0 Å². The van der Waals surface area contributed by atoms with E-state index < -0.39 is 0 Å². The normalized spacial score (nSPS) is 9.81. The molecule has 0 aliphatic rings. The van der Waals surface area contributed by atoms with E-state index in [9.17, 15) is 0 Å². The molecule has 84 valence electrons. The molecular formula is C13H14ClNS. The molecule has 2 aromatic carbocycles. The number of benzene rings is 2. The van der Waals surface area contributed by atoms with Gasteiger partial charge in [-0.25, -0.2) is 0 Å². The molecule has 0 spiro atoms. The maximum Gasteiger partial charge on any atom is 0.0613 e. The van der Waals surface area contributed by atoms with Gasteiger partial charge in [-0.05, 0) is 23.3 Å². The summed E-state index contributed by atoms with van der Waals surface area (Å²) in [6, 6.07) is 14.8. The van der Waals surface area contributed by atoms with Crippen molar-refractivity contribution in [2.24, 2.45) is 0 Å². The molecule has 0 bridgehead atoms. The fourth-order valence-corrected chi connectivity index (χ4v) is 2.08. The van der Waals surface area contributed by atoms with Crippen molar-refractivity contribution >= 4 is 40.0 Å². The van der Waals surface area contributed by atoms with Crippen LogP contribution in [0.25, 0.3) is 10.8 Å². The molecule has 0 saturated carbocycles. The van der Waals surface area contributed by atoms with Crippen LogP contribution in [0.15, 0.2) is 42.5 Å². The van der Waals surface area contributed by atoms with Gasteiger partial charge in [0.2, 0.25) is 0 Å². The molecule has 0 aliphatic carbocycles. The highest BCUT2D eigenvalue weighted by atomic mass is 35.5. The van der Waals surface area contributed by atoms with E-state index in [0.29, 0.717) is 5.04 Å². The summed E-state index contributed by atoms with van der Waals surface area (Å²) in [6.45, 7) is 1.83. The van der Waals surface area contributed by atoms with Gasteiger partial charge >= 0.3 is 0 Å². The van der Waals surface area contributed by atoms with Crippen LogP contribution in [0.1, 0.15) is 12.5 Å². The van der Waals surface area contributed by atoms with E-state index in [1.165, 1.54) is 16.3 Å². The summed E-state index contributed by atoms with van der Waals surface area (Å²) < 4.78 is 0. The molecule has 0 heterocycles. The van der Waals surface area contributed by atoms with E-state index in [0.717, 1.165) is 5.75 Å². The predicted octanol–water partition coefficient (Wildman–Crippen LogP) is 4.49. The van der Waals surface area contributed by atoms with Gasteiger partial charge in [-0.3, -0.25) is 5.41 Å². The van der Waals surface area contributed by atoms with Crippen LogP contribution in [0.3, 0.4) is 0 Å². The van der Waals surface area contributed by atoms with Gasteiger partial charge in [0.05, 0.1) is 5.04 Å². The molecule has 1 N–H and O–H groups in total. The largest absolute Gasteiger partial charge is 0.299 e. The van der Waals surface area contributed by atoms with Gasteiger partial charge in [0.25, 0.3) is 0 Å². The number of thioether (sulfide) groups is 1. The molecule has 2 rings (SSSR count). The Morgan fingerprint density at radius 2 is 1.81 bits per heavy atom. The second-order valence-corrected chi connectivity index (χ2v) is 4.72. The quantitative estimate of drug-likeness (QED) is 0.617. The molecule has 16 heavy (non-hydrogen) atoms. The van der Waals surface area contributed by atoms with E-state index in [4.69, 9.17) is 5.41 Å². The Labute approximate surface area is 106 Å². The third-order valence-corrected chi connectivity index (χ3v) is 3.18. The van der Waals surface area contributed by atoms with Crippen molar-refractivity contribution in [3.8, 4) is 0 Å². The van der Waals surface area contributed by atoms with Gasteiger partial charge in [0.1, 0.15) is 0 Å². The first-order chi connectivity index (χ1) is 7.25. The molecule has 0 aromatic heterocycles. The molecule has 0 aliphatic heterocycles. The minimum Gasteiger partial charge on any atom is -0.299 e. The molecule has 0 atom stereocenters. The Morgan fingerprint density at radius 1 is 1.12 bits per heavy atom. The molecule has 3 heteroatoms. The zero-order valence-electron chi connectivity index (χ0n) is 9.07. The molecule has 2 aromatic rings. The minimum absolute atomic E-state index is 0. The number of hydrogen-bond donors (Lipinski definition) is 1. The average Bonchev–Trinajstić information content (AvgIpc) is 2.26. The second-order valence-electron chi connectivity index (χ2n) is 3.53. The number of fused-ring (bicyclic) bond motifs is 1. The van der Waals surface area contributed by atoms with Gasteiger partial charge in [-0.1, -0.05) is 42.5 Å². The fourth-order valence-electron chi connectivity index (χ4n) is 1.52.